The molecule has 0 bridgehead atoms. The normalized spacial score (nSPS) is 16.5. The third-order valence-corrected chi connectivity index (χ3v) is 3.53. The maximum Gasteiger partial charge on any atom is 0.234 e. The molecule has 20 heavy (non-hydrogen) atoms. The predicted molar refractivity (Wildman–Crippen MR) is 75.1 cm³/mol. The van der Waals surface area contributed by atoms with Crippen LogP contribution in [0.4, 0.5) is 5.69 Å². The molecule has 0 saturated carbocycles. The van der Waals surface area contributed by atoms with Gasteiger partial charge in [-0.1, -0.05) is 30.3 Å². The van der Waals surface area contributed by atoms with Crippen molar-refractivity contribution in [1.82, 2.24) is 4.98 Å². The van der Waals surface area contributed by atoms with Crippen LogP contribution in [0.25, 0.3) is 0 Å². The number of piperidine rings is 1. The molecule has 4 nitrogen and oxygen atoms in total. The first-order chi connectivity index (χ1) is 9.75. The molecule has 0 N–H and O–H groups in total. The van der Waals surface area contributed by atoms with Crippen LogP contribution in [0.5, 0.6) is 0 Å². The van der Waals surface area contributed by atoms with E-state index in [2.05, 4.69) is 4.98 Å². The van der Waals surface area contributed by atoms with Gasteiger partial charge < -0.3 is 0 Å². The van der Waals surface area contributed by atoms with Crippen molar-refractivity contribution >= 4 is 17.5 Å². The van der Waals surface area contributed by atoms with Crippen LogP contribution in [0.2, 0.25) is 0 Å². The number of benzene rings is 1. The van der Waals surface area contributed by atoms with Crippen LogP contribution < -0.4 is 4.90 Å². The van der Waals surface area contributed by atoms with E-state index in [0.717, 1.165) is 5.56 Å². The fraction of sp³-hybridized carbons (Fsp3) is 0.188. The first-order valence-corrected chi connectivity index (χ1v) is 6.56. The SMILES string of the molecule is O=C1CC(c2ccccc2)CC(=O)N1c1ccncc1. The summed E-state index contributed by atoms with van der Waals surface area (Å²) in [6.07, 6.45) is 3.88. The minimum atomic E-state index is -0.152. The molecule has 100 valence electrons. The molecule has 2 aromatic rings. The lowest BCUT2D eigenvalue weighted by atomic mass is 9.88. The molecule has 2 amide bonds. The van der Waals surface area contributed by atoms with Gasteiger partial charge in [0.15, 0.2) is 0 Å². The maximum absolute atomic E-state index is 12.3. The Bertz CT molecular complexity index is 607. The summed E-state index contributed by atoms with van der Waals surface area (Å²) < 4.78 is 0. The van der Waals surface area contributed by atoms with Crippen molar-refractivity contribution in [2.24, 2.45) is 0 Å². The number of hydrogen-bond donors (Lipinski definition) is 0. The van der Waals surface area contributed by atoms with Gasteiger partial charge in [-0.15, -0.1) is 0 Å². The minimum Gasteiger partial charge on any atom is -0.274 e. The molecule has 4 heteroatoms. The van der Waals surface area contributed by atoms with E-state index in [-0.39, 0.29) is 17.7 Å². The van der Waals surface area contributed by atoms with Gasteiger partial charge in [0, 0.05) is 31.2 Å². The summed E-state index contributed by atoms with van der Waals surface area (Å²) in [5, 5.41) is 0. The molecule has 3 rings (SSSR count). The summed E-state index contributed by atoms with van der Waals surface area (Å²) >= 11 is 0. The predicted octanol–water partition coefficient (Wildman–Crippen LogP) is 2.52. The maximum atomic E-state index is 12.3. The first-order valence-electron chi connectivity index (χ1n) is 6.56. The minimum absolute atomic E-state index is 0.0192. The van der Waals surface area contributed by atoms with Gasteiger partial charge in [0.1, 0.15) is 0 Å². The summed E-state index contributed by atoms with van der Waals surface area (Å²) in [6, 6.07) is 13.1. The number of hydrogen-bond acceptors (Lipinski definition) is 3. The van der Waals surface area contributed by atoms with E-state index in [1.165, 1.54) is 4.90 Å². The van der Waals surface area contributed by atoms with Crippen LogP contribution in [0.1, 0.15) is 24.3 Å². The number of rotatable bonds is 2. The quantitative estimate of drug-likeness (QED) is 0.785. The second-order valence-corrected chi connectivity index (χ2v) is 4.84. The van der Waals surface area contributed by atoms with Gasteiger partial charge in [0.05, 0.1) is 5.69 Å². The Kier molecular flexibility index (Phi) is 3.29. The summed E-state index contributed by atoms with van der Waals surface area (Å²) in [6.45, 7) is 0. The zero-order valence-electron chi connectivity index (χ0n) is 10.9. The highest BCUT2D eigenvalue weighted by Crippen LogP contribution is 2.31. The topological polar surface area (TPSA) is 50.3 Å². The number of pyridine rings is 1. The van der Waals surface area contributed by atoms with E-state index >= 15 is 0 Å². The molecular formula is C16H14N2O2. The number of nitrogens with zero attached hydrogens (tertiary/aromatic N) is 2. The van der Waals surface area contributed by atoms with Gasteiger partial charge in [-0.3, -0.25) is 19.5 Å². The van der Waals surface area contributed by atoms with Crippen LogP contribution in [-0.2, 0) is 9.59 Å². The Hall–Kier alpha value is -2.49. The monoisotopic (exact) mass is 266 g/mol. The third kappa shape index (κ3) is 2.32. The Morgan fingerprint density at radius 1 is 0.900 bits per heavy atom. The van der Waals surface area contributed by atoms with E-state index in [9.17, 15) is 9.59 Å². The smallest absolute Gasteiger partial charge is 0.234 e. The number of aromatic nitrogens is 1. The van der Waals surface area contributed by atoms with Crippen molar-refractivity contribution in [2.75, 3.05) is 4.90 Å². The Labute approximate surface area is 117 Å². The summed E-state index contributed by atoms with van der Waals surface area (Å²) in [5.74, 6) is -0.322. The van der Waals surface area contributed by atoms with Crippen LogP contribution in [-0.4, -0.2) is 16.8 Å². The highest BCUT2D eigenvalue weighted by Gasteiger charge is 2.34. The largest absolute Gasteiger partial charge is 0.274 e. The van der Waals surface area contributed by atoms with E-state index in [0.29, 0.717) is 18.5 Å². The van der Waals surface area contributed by atoms with E-state index < -0.39 is 0 Å². The molecule has 0 atom stereocenters. The molecule has 1 aliphatic heterocycles. The second kappa shape index (κ2) is 5.25. The van der Waals surface area contributed by atoms with Crippen molar-refractivity contribution < 1.29 is 9.59 Å². The molecule has 1 aromatic carbocycles. The molecule has 1 saturated heterocycles. The van der Waals surface area contributed by atoms with E-state index in [4.69, 9.17) is 0 Å². The molecule has 0 aliphatic carbocycles. The molecule has 2 heterocycles. The van der Waals surface area contributed by atoms with Crippen LogP contribution in [0.3, 0.4) is 0 Å². The van der Waals surface area contributed by atoms with E-state index in [1.807, 2.05) is 30.3 Å². The van der Waals surface area contributed by atoms with Gasteiger partial charge in [0.25, 0.3) is 0 Å². The van der Waals surface area contributed by atoms with Gasteiger partial charge in [-0.2, -0.15) is 0 Å². The molecule has 0 spiro atoms. The highest BCUT2D eigenvalue weighted by molar-refractivity contribution is 6.16. The van der Waals surface area contributed by atoms with Crippen LogP contribution >= 0.6 is 0 Å². The highest BCUT2D eigenvalue weighted by atomic mass is 16.2. The Balaban J connectivity index is 1.84. The standard InChI is InChI=1S/C16H14N2O2/c19-15-10-13(12-4-2-1-3-5-12)11-16(20)18(15)14-6-8-17-9-7-14/h1-9,13H,10-11H2. The zero-order valence-corrected chi connectivity index (χ0v) is 10.9. The Morgan fingerprint density at radius 2 is 1.50 bits per heavy atom. The lowest BCUT2D eigenvalue weighted by molar-refractivity contribution is -0.129. The number of amides is 2. The first kappa shape index (κ1) is 12.5. The molecule has 0 radical (unpaired) electrons. The number of anilines is 1. The molecule has 1 aromatic heterocycles. The molecular weight excluding hydrogens is 252 g/mol. The third-order valence-electron chi connectivity index (χ3n) is 3.53. The fourth-order valence-electron chi connectivity index (χ4n) is 2.56. The van der Waals surface area contributed by atoms with Crippen molar-refractivity contribution in [1.29, 1.82) is 0 Å². The van der Waals surface area contributed by atoms with Crippen molar-refractivity contribution in [2.45, 2.75) is 18.8 Å². The van der Waals surface area contributed by atoms with E-state index in [1.54, 1.807) is 24.5 Å². The van der Waals surface area contributed by atoms with Crippen LogP contribution in [0, 0.1) is 0 Å². The van der Waals surface area contributed by atoms with Gasteiger partial charge in [0.2, 0.25) is 11.8 Å². The average Bonchev–Trinajstić information content (AvgIpc) is 2.48. The van der Waals surface area contributed by atoms with Crippen molar-refractivity contribution in [3.63, 3.8) is 0 Å². The zero-order chi connectivity index (χ0) is 13.9. The van der Waals surface area contributed by atoms with Crippen molar-refractivity contribution in [3.8, 4) is 0 Å². The number of imide groups is 1. The number of carbonyl (C=O) groups excluding carboxylic acids is 2. The molecule has 1 aliphatic rings. The van der Waals surface area contributed by atoms with Crippen LogP contribution in [0.15, 0.2) is 54.9 Å². The Morgan fingerprint density at radius 3 is 2.10 bits per heavy atom. The summed E-state index contributed by atoms with van der Waals surface area (Å²) in [5.41, 5.74) is 1.64. The fourth-order valence-corrected chi connectivity index (χ4v) is 2.56. The average molecular weight is 266 g/mol. The van der Waals surface area contributed by atoms with Gasteiger partial charge in [-0.05, 0) is 17.7 Å². The summed E-state index contributed by atoms with van der Waals surface area (Å²) in [7, 11) is 0. The molecule has 0 unspecified atom stereocenters. The molecule has 1 fully saturated rings. The lowest BCUT2D eigenvalue weighted by Gasteiger charge is -2.30. The van der Waals surface area contributed by atoms with Gasteiger partial charge in [-0.25, -0.2) is 0 Å². The van der Waals surface area contributed by atoms with Crippen molar-refractivity contribution in [3.05, 3.63) is 60.4 Å². The second-order valence-electron chi connectivity index (χ2n) is 4.84. The van der Waals surface area contributed by atoms with Gasteiger partial charge >= 0.3 is 0 Å². The summed E-state index contributed by atoms with van der Waals surface area (Å²) in [4.78, 5) is 29.7. The lowest BCUT2D eigenvalue weighted by Crippen LogP contribution is -2.42. The number of carbonyl (C=O) groups is 2.